The molecule has 0 bridgehead atoms. The fourth-order valence-electron chi connectivity index (χ4n) is 2.47. The highest BCUT2D eigenvalue weighted by Crippen LogP contribution is 2.30. The molecule has 34 heavy (non-hydrogen) atoms. The van der Waals surface area contributed by atoms with Crippen LogP contribution in [0.25, 0.3) is 0 Å². The maximum Gasteiger partial charge on any atom is 0.414 e. The van der Waals surface area contributed by atoms with Crippen molar-refractivity contribution >= 4 is 51.4 Å². The number of benzene rings is 1. The van der Waals surface area contributed by atoms with Crippen molar-refractivity contribution in [2.45, 2.75) is 45.6 Å². The van der Waals surface area contributed by atoms with Crippen LogP contribution in [-0.2, 0) is 4.84 Å². The predicted octanol–water partition coefficient (Wildman–Crippen LogP) is 4.37. The quantitative estimate of drug-likeness (QED) is 0.216. The van der Waals surface area contributed by atoms with Crippen LogP contribution in [0.5, 0.6) is 5.88 Å². The zero-order valence-corrected chi connectivity index (χ0v) is 21.4. The molecule has 0 saturated carbocycles. The highest BCUT2D eigenvalue weighted by molar-refractivity contribution is 9.10. The Morgan fingerprint density at radius 2 is 1.76 bits per heavy atom. The predicted molar refractivity (Wildman–Crippen MR) is 131 cm³/mol. The van der Waals surface area contributed by atoms with Gasteiger partial charge in [-0.1, -0.05) is 23.7 Å². The third-order valence-electron chi connectivity index (χ3n) is 4.08. The number of hydrogen-bond acceptors (Lipinski definition) is 6. The monoisotopic (exact) mass is 558 g/mol. The van der Waals surface area contributed by atoms with Crippen LogP contribution < -0.4 is 26.2 Å². The second kappa shape index (κ2) is 13.2. The minimum atomic E-state index is -0.687. The van der Waals surface area contributed by atoms with Gasteiger partial charge in [-0.25, -0.2) is 15.1 Å². The maximum absolute atomic E-state index is 12.4. The summed E-state index contributed by atoms with van der Waals surface area (Å²) in [5, 5.41) is 14.7. The Morgan fingerprint density at radius 1 is 1.09 bits per heavy atom. The number of carbonyl (C=O) groups excluding carboxylic acids is 3. The van der Waals surface area contributed by atoms with Gasteiger partial charge in [0, 0.05) is 13.1 Å². The topological polar surface area (TPSA) is 146 Å². The molecule has 1 heterocycles. The summed E-state index contributed by atoms with van der Waals surface area (Å²) in [6, 6.07) is 6.20. The first kappa shape index (κ1) is 27.4. The van der Waals surface area contributed by atoms with Gasteiger partial charge in [0.05, 0.1) is 16.2 Å². The van der Waals surface area contributed by atoms with E-state index in [1.54, 1.807) is 24.3 Å². The van der Waals surface area contributed by atoms with Gasteiger partial charge in [-0.15, -0.1) is 5.10 Å². The van der Waals surface area contributed by atoms with Crippen LogP contribution in [0.2, 0.25) is 5.02 Å². The van der Waals surface area contributed by atoms with Crippen LogP contribution >= 0.6 is 27.5 Å². The van der Waals surface area contributed by atoms with Crippen LogP contribution in [0, 0.1) is 0 Å². The van der Waals surface area contributed by atoms with Crippen molar-refractivity contribution in [3.05, 3.63) is 39.3 Å². The first-order valence-corrected chi connectivity index (χ1v) is 11.7. The second-order valence-electron chi connectivity index (χ2n) is 8.10. The molecule has 0 aliphatic carbocycles. The molecule has 4 amide bonds. The number of rotatable bonds is 10. The molecule has 2 rings (SSSR count). The van der Waals surface area contributed by atoms with Gasteiger partial charge in [0.15, 0.2) is 0 Å². The molecule has 1 aromatic heterocycles. The summed E-state index contributed by atoms with van der Waals surface area (Å²) in [6.45, 7) is 6.35. The largest absolute Gasteiger partial charge is 0.414 e. The van der Waals surface area contributed by atoms with Gasteiger partial charge in [0.25, 0.3) is 11.8 Å². The average molecular weight is 560 g/mol. The molecular formula is C21H28BrClN6O5. The Bertz CT molecular complexity index is 994. The summed E-state index contributed by atoms with van der Waals surface area (Å²) in [5.41, 5.74) is 2.15. The van der Waals surface area contributed by atoms with E-state index in [1.807, 2.05) is 20.8 Å². The Morgan fingerprint density at radius 3 is 2.44 bits per heavy atom. The fraction of sp³-hybridized carbons (Fsp3) is 0.429. The average Bonchev–Trinajstić information content (AvgIpc) is 3.10. The van der Waals surface area contributed by atoms with Crippen LogP contribution in [0.15, 0.2) is 28.7 Å². The molecular weight excluding hydrogens is 532 g/mol. The molecule has 2 aromatic rings. The number of H-pyrrole nitrogens is 1. The summed E-state index contributed by atoms with van der Waals surface area (Å²) < 4.78 is 5.43. The van der Waals surface area contributed by atoms with Crippen LogP contribution in [0.1, 0.15) is 50.4 Å². The molecule has 0 radical (unpaired) electrons. The summed E-state index contributed by atoms with van der Waals surface area (Å²) in [4.78, 5) is 41.1. The number of anilines is 1. The fourth-order valence-corrected chi connectivity index (χ4v) is 3.05. The molecule has 0 atom stereocenters. The molecule has 0 saturated heterocycles. The van der Waals surface area contributed by atoms with Crippen molar-refractivity contribution < 1.29 is 24.0 Å². The van der Waals surface area contributed by atoms with Crippen LogP contribution in [0.4, 0.5) is 15.4 Å². The number of unbranched alkanes of at least 4 members (excludes halogenated alkanes) is 2. The van der Waals surface area contributed by atoms with E-state index in [0.29, 0.717) is 30.1 Å². The van der Waals surface area contributed by atoms with Crippen molar-refractivity contribution in [1.82, 2.24) is 26.3 Å². The minimum absolute atomic E-state index is 0.0281. The molecule has 0 aliphatic heterocycles. The summed E-state index contributed by atoms with van der Waals surface area (Å²) in [7, 11) is 0. The molecule has 186 valence electrons. The van der Waals surface area contributed by atoms with Gasteiger partial charge < -0.3 is 20.7 Å². The highest BCUT2D eigenvalue weighted by atomic mass is 79.9. The number of urea groups is 1. The third-order valence-corrected chi connectivity index (χ3v) is 5.15. The Hall–Kier alpha value is -2.83. The van der Waals surface area contributed by atoms with Crippen LogP contribution in [0.3, 0.4) is 0 Å². The molecule has 0 aliphatic rings. The summed E-state index contributed by atoms with van der Waals surface area (Å²) >= 11 is 9.27. The normalized spacial score (nSPS) is 11.0. The lowest BCUT2D eigenvalue weighted by Gasteiger charge is -2.19. The number of aromatic amines is 1. The SMILES string of the molecule is CC(C)(C)ONC(=O)NCCCCCNC(=O)Oc1n[nH]c(NC(=O)c2ccccc2Cl)c1Br. The van der Waals surface area contributed by atoms with Gasteiger partial charge in [-0.05, 0) is 68.1 Å². The zero-order valence-electron chi connectivity index (χ0n) is 19.1. The first-order valence-electron chi connectivity index (χ1n) is 10.5. The summed E-state index contributed by atoms with van der Waals surface area (Å²) in [5.74, 6) is -0.253. The van der Waals surface area contributed by atoms with Crippen molar-refractivity contribution in [2.24, 2.45) is 0 Å². The zero-order chi connectivity index (χ0) is 25.1. The van der Waals surface area contributed by atoms with E-state index in [-0.39, 0.29) is 16.2 Å². The second-order valence-corrected chi connectivity index (χ2v) is 9.30. The van der Waals surface area contributed by atoms with E-state index in [2.05, 4.69) is 47.6 Å². The van der Waals surface area contributed by atoms with Gasteiger partial charge in [0.1, 0.15) is 10.3 Å². The van der Waals surface area contributed by atoms with Crippen molar-refractivity contribution in [3.63, 3.8) is 0 Å². The smallest absolute Gasteiger partial charge is 0.388 e. The highest BCUT2D eigenvalue weighted by Gasteiger charge is 2.18. The Kier molecular flexibility index (Phi) is 10.6. The number of hydrogen-bond donors (Lipinski definition) is 5. The van der Waals surface area contributed by atoms with Gasteiger partial charge in [-0.2, -0.15) is 0 Å². The van der Waals surface area contributed by atoms with E-state index in [9.17, 15) is 14.4 Å². The number of aromatic nitrogens is 2. The molecule has 13 heteroatoms. The molecule has 11 nitrogen and oxygen atoms in total. The lowest BCUT2D eigenvalue weighted by molar-refractivity contribution is -0.0528. The first-order chi connectivity index (χ1) is 16.1. The van der Waals surface area contributed by atoms with E-state index in [4.69, 9.17) is 21.2 Å². The molecule has 1 aromatic carbocycles. The number of hydroxylamine groups is 1. The van der Waals surface area contributed by atoms with Crippen LogP contribution in [-0.4, -0.2) is 46.9 Å². The van der Waals surface area contributed by atoms with Gasteiger partial charge in [-0.3, -0.25) is 14.7 Å². The number of halogens is 2. The minimum Gasteiger partial charge on any atom is -0.388 e. The van der Waals surface area contributed by atoms with Crippen molar-refractivity contribution in [1.29, 1.82) is 0 Å². The van der Waals surface area contributed by atoms with E-state index < -0.39 is 23.6 Å². The van der Waals surface area contributed by atoms with E-state index in [1.165, 1.54) is 0 Å². The number of ether oxygens (including phenoxy) is 1. The van der Waals surface area contributed by atoms with Crippen molar-refractivity contribution in [2.75, 3.05) is 18.4 Å². The summed E-state index contributed by atoms with van der Waals surface area (Å²) in [6.07, 6.45) is 1.52. The van der Waals surface area contributed by atoms with E-state index >= 15 is 0 Å². The third kappa shape index (κ3) is 9.57. The van der Waals surface area contributed by atoms with Gasteiger partial charge in [0.2, 0.25) is 0 Å². The van der Waals surface area contributed by atoms with E-state index in [0.717, 1.165) is 12.8 Å². The molecule has 0 fully saturated rings. The lowest BCUT2D eigenvalue weighted by Crippen LogP contribution is -2.40. The van der Waals surface area contributed by atoms with Gasteiger partial charge >= 0.3 is 12.1 Å². The molecule has 0 spiro atoms. The Balaban J connectivity index is 1.64. The number of amides is 4. The molecule has 0 unspecified atom stereocenters. The number of nitrogens with zero attached hydrogens (tertiary/aromatic N) is 1. The number of nitrogens with one attached hydrogen (secondary N) is 5. The lowest BCUT2D eigenvalue weighted by atomic mass is 10.2. The maximum atomic E-state index is 12.4. The Labute approximate surface area is 210 Å². The number of carbonyl (C=O) groups is 3. The van der Waals surface area contributed by atoms with Crippen molar-refractivity contribution in [3.8, 4) is 5.88 Å². The standard InChI is InChI=1S/C21H28BrClN6O5/c1-21(2,3)34-29-19(31)24-11-7-4-8-12-25-20(32)33-18-15(22)16(27-28-18)26-17(30)13-9-5-6-10-14(13)23/h5-6,9-10H,4,7-8,11-12H2,1-3H3,(H,25,32)(H2,24,29,31)(H2,26,27,28,30). The molecule has 5 N–H and O–H groups in total.